The normalized spacial score (nSPS) is 14.5. The number of nitrogens with zero attached hydrogens (tertiary/aromatic N) is 2. The largest absolute Gasteiger partial charge is 0.700 e. The van der Waals surface area contributed by atoms with Crippen molar-refractivity contribution >= 4 is 42.0 Å². The van der Waals surface area contributed by atoms with E-state index in [9.17, 15) is 13.2 Å². The van der Waals surface area contributed by atoms with Crippen LogP contribution in [0.3, 0.4) is 0 Å². The number of benzene rings is 3. The molecule has 0 aliphatic carbocycles. The smallest absolute Gasteiger partial charge is 0.316 e. The van der Waals surface area contributed by atoms with E-state index in [1.54, 1.807) is 30.4 Å². The predicted octanol–water partition coefficient (Wildman–Crippen LogP) is 9.85. The van der Waals surface area contributed by atoms with E-state index in [1.807, 2.05) is 65.8 Å². The van der Waals surface area contributed by atoms with E-state index >= 15 is 8.78 Å². The van der Waals surface area contributed by atoms with Crippen molar-refractivity contribution in [2.45, 2.75) is 55.4 Å². The van der Waals surface area contributed by atoms with Gasteiger partial charge < -0.3 is 4.48 Å². The zero-order valence-corrected chi connectivity index (χ0v) is 27.4. The van der Waals surface area contributed by atoms with Crippen LogP contribution in [0.15, 0.2) is 40.6 Å². The lowest BCUT2D eigenvalue weighted by Crippen LogP contribution is -2.34. The molecule has 0 fully saturated rings. The fraction of sp³-hybridized carbons (Fsp3) is 0.229. The van der Waals surface area contributed by atoms with Crippen LogP contribution in [0.2, 0.25) is 5.02 Å². The molecule has 3 aromatic carbocycles. The number of fused-ring (bicyclic) bond motifs is 2. The predicted molar refractivity (Wildman–Crippen MR) is 171 cm³/mol. The van der Waals surface area contributed by atoms with Crippen LogP contribution in [0.5, 0.6) is 0 Å². The highest BCUT2D eigenvalue weighted by molar-refractivity contribution is 6.49. The number of hydrogen-bond donors (Lipinski definition) is 0. The average Bonchev–Trinajstić information content (AvgIpc) is 3.34. The molecule has 4 aromatic rings. The Kier molecular flexibility index (Phi) is 7.48. The van der Waals surface area contributed by atoms with Crippen molar-refractivity contribution in [2.24, 2.45) is 0 Å². The molecule has 6 rings (SSSR count). The quantitative estimate of drug-likeness (QED) is 0.0901. The zero-order valence-electron chi connectivity index (χ0n) is 25.9. The summed E-state index contributed by atoms with van der Waals surface area (Å²) in [5.41, 5.74) is 8.27. The highest BCUT2D eigenvalue weighted by atomic mass is 35.5. The number of hydrogen-bond acceptors (Lipinski definition) is 0. The molecular weight excluding hydrogens is 625 g/mol. The first-order valence-corrected chi connectivity index (χ1v) is 15.0. The molecule has 10 heteroatoms. The lowest BCUT2D eigenvalue weighted by molar-refractivity contribution is -0.314. The molecule has 2 aliphatic heterocycles. The average molecular weight is 653 g/mol. The molecule has 0 spiro atoms. The van der Waals surface area contributed by atoms with Gasteiger partial charge in [0.1, 0.15) is 5.03 Å². The molecule has 1 aromatic heterocycles. The summed E-state index contributed by atoms with van der Waals surface area (Å²) in [5.74, 6) is -10.2. The first-order chi connectivity index (χ1) is 21.1. The van der Waals surface area contributed by atoms with Crippen LogP contribution in [0, 0.1) is 77.6 Å². The van der Waals surface area contributed by atoms with E-state index < -0.39 is 34.6 Å². The summed E-state index contributed by atoms with van der Waals surface area (Å²) in [6.07, 6.45) is 0. The Morgan fingerprint density at radius 3 is 1.53 bits per heavy atom. The molecule has 0 atom stereocenters. The summed E-state index contributed by atoms with van der Waals surface area (Å²) in [5, 5.41) is 0.577. The second-order valence-corrected chi connectivity index (χ2v) is 12.8. The summed E-state index contributed by atoms with van der Waals surface area (Å²) >= 11 is 14.1. The SMILES string of the molecule is CC1=C(Cl)C(c2c(C)cc(C)cc2C)=[N+]2[B]n3c(c(C)c(Cl)c3-c3c(C)cc(C)cc3C)C(c3c(F)c(F)c(F)c(F)c3F)=C12. The minimum absolute atomic E-state index is 0.200. The van der Waals surface area contributed by atoms with Gasteiger partial charge in [0.2, 0.25) is 11.5 Å². The maximum atomic E-state index is 15.8. The van der Waals surface area contributed by atoms with E-state index in [-0.39, 0.29) is 27.0 Å². The topological polar surface area (TPSA) is 7.94 Å². The second-order valence-electron chi connectivity index (χ2n) is 12.0. The fourth-order valence-corrected chi connectivity index (χ4v) is 7.61. The Bertz CT molecular complexity index is 2060. The van der Waals surface area contributed by atoms with E-state index in [0.717, 1.165) is 44.5 Å². The molecule has 45 heavy (non-hydrogen) atoms. The Hall–Kier alpha value is -3.62. The molecule has 0 saturated carbocycles. The molecule has 2 nitrogen and oxygen atoms in total. The van der Waals surface area contributed by atoms with Crippen molar-refractivity contribution in [3.8, 4) is 11.3 Å². The summed E-state index contributed by atoms with van der Waals surface area (Å²) in [4.78, 5) is 0. The Morgan fingerprint density at radius 2 is 1.04 bits per heavy atom. The monoisotopic (exact) mass is 652 g/mol. The molecule has 2 aliphatic rings. The van der Waals surface area contributed by atoms with Crippen molar-refractivity contribution in [3.05, 3.63) is 130 Å². The van der Waals surface area contributed by atoms with E-state index in [2.05, 4.69) is 0 Å². The van der Waals surface area contributed by atoms with Crippen molar-refractivity contribution < 1.29 is 26.4 Å². The summed E-state index contributed by atoms with van der Waals surface area (Å²) in [7, 11) is 1.74. The van der Waals surface area contributed by atoms with Crippen molar-refractivity contribution in [2.75, 3.05) is 0 Å². The molecule has 3 heterocycles. The van der Waals surface area contributed by atoms with E-state index in [1.165, 1.54) is 0 Å². The third-order valence-electron chi connectivity index (χ3n) is 8.74. The number of aromatic nitrogens is 1. The van der Waals surface area contributed by atoms with Crippen LogP contribution in [-0.2, 0) is 0 Å². The second kappa shape index (κ2) is 10.7. The molecule has 229 valence electrons. The van der Waals surface area contributed by atoms with Crippen molar-refractivity contribution in [1.29, 1.82) is 0 Å². The number of allylic oxidation sites excluding steroid dienone is 2. The standard InChI is InChI=1S/C35H28BCl2F5N2/c1-13-9-15(3)21(16(4)10-13)34-25(37)19(7)32-24(23-27(39)29(41)31(43)30(42)28(23)40)33-20(8)26(38)35(45(33)36-44(32)34)22-17(5)11-14(2)12-18(22)6/h9-12H,1-8H3/q+1. The third-order valence-corrected chi connectivity index (χ3v) is 9.67. The number of halogens is 7. The van der Waals surface area contributed by atoms with Gasteiger partial charge >= 0.3 is 7.55 Å². The molecule has 0 unspecified atom stereocenters. The maximum Gasteiger partial charge on any atom is 0.700 e. The zero-order chi connectivity index (χ0) is 33.0. The van der Waals surface area contributed by atoms with Gasteiger partial charge in [-0.25, -0.2) is 22.0 Å². The van der Waals surface area contributed by atoms with Crippen LogP contribution >= 0.6 is 23.2 Å². The van der Waals surface area contributed by atoms with Crippen molar-refractivity contribution in [1.82, 2.24) is 4.48 Å². The lowest BCUT2D eigenvalue weighted by Gasteiger charge is -2.23. The Labute approximate surface area is 269 Å². The molecule has 0 N–H and O–H groups in total. The Balaban J connectivity index is 1.85. The van der Waals surface area contributed by atoms with Gasteiger partial charge in [-0.05, 0) is 83.2 Å². The minimum atomic E-state index is -2.23. The fourth-order valence-electron chi connectivity index (χ4n) is 7.06. The van der Waals surface area contributed by atoms with Gasteiger partial charge in [0.05, 0.1) is 33.1 Å². The highest BCUT2D eigenvalue weighted by Gasteiger charge is 2.48. The van der Waals surface area contributed by atoms with Gasteiger partial charge in [-0.2, -0.15) is 0 Å². The highest BCUT2D eigenvalue weighted by Crippen LogP contribution is 2.49. The number of aryl methyl sites for hydroxylation is 6. The van der Waals surface area contributed by atoms with Gasteiger partial charge in [-0.1, -0.05) is 58.6 Å². The first-order valence-electron chi connectivity index (χ1n) is 14.3. The van der Waals surface area contributed by atoms with Crippen LogP contribution in [0.1, 0.15) is 62.7 Å². The summed E-state index contributed by atoms with van der Waals surface area (Å²) in [6.45, 7) is 15.0. The van der Waals surface area contributed by atoms with E-state index in [0.29, 0.717) is 22.5 Å². The van der Waals surface area contributed by atoms with Crippen LogP contribution < -0.4 is 0 Å². The number of rotatable bonds is 3. The third kappa shape index (κ3) is 4.39. The molecule has 0 bridgehead atoms. The Morgan fingerprint density at radius 1 is 0.600 bits per heavy atom. The minimum Gasteiger partial charge on any atom is -0.316 e. The van der Waals surface area contributed by atoms with Gasteiger partial charge in [0.25, 0.3) is 0 Å². The molecule has 0 saturated heterocycles. The van der Waals surface area contributed by atoms with Crippen LogP contribution in [0.25, 0.3) is 16.8 Å². The summed E-state index contributed by atoms with van der Waals surface area (Å²) < 4.78 is 79.0. The van der Waals surface area contributed by atoms with Crippen LogP contribution in [-0.4, -0.2) is 22.2 Å². The summed E-state index contributed by atoms with van der Waals surface area (Å²) in [6, 6.07) is 7.99. The van der Waals surface area contributed by atoms with Gasteiger partial charge in [0.15, 0.2) is 29.0 Å². The van der Waals surface area contributed by atoms with E-state index in [4.69, 9.17) is 23.2 Å². The van der Waals surface area contributed by atoms with Gasteiger partial charge in [0, 0.05) is 11.1 Å². The molecular formula is C35H28BCl2F5N2+. The first kappa shape index (κ1) is 31.4. The maximum absolute atomic E-state index is 15.8. The van der Waals surface area contributed by atoms with Gasteiger partial charge in [-0.3, -0.25) is 4.49 Å². The van der Waals surface area contributed by atoms with Crippen molar-refractivity contribution in [3.63, 3.8) is 0 Å². The molecule has 0 amide bonds. The van der Waals surface area contributed by atoms with Crippen LogP contribution in [0.4, 0.5) is 22.0 Å². The van der Waals surface area contributed by atoms with Gasteiger partial charge in [-0.15, -0.1) is 0 Å². The lowest BCUT2D eigenvalue weighted by atomic mass is 9.88. The molecule has 1 radical (unpaired) electrons.